The number of hydrogen-bond donors (Lipinski definition) is 2. The van der Waals surface area contributed by atoms with Gasteiger partial charge in [-0.05, 0) is 31.9 Å². The first kappa shape index (κ1) is 15.3. The number of para-hydroxylation sites is 1. The number of halogens is 3. The smallest absolute Gasteiger partial charge is 0.389 e. The molecule has 3 nitrogen and oxygen atoms in total. The molecule has 0 heterocycles. The zero-order valence-corrected chi connectivity index (χ0v) is 10.5. The van der Waals surface area contributed by atoms with Gasteiger partial charge in [-0.2, -0.15) is 13.2 Å². The first-order chi connectivity index (χ1) is 8.79. The molecule has 0 aromatic heterocycles. The molecule has 0 aliphatic heterocycles. The van der Waals surface area contributed by atoms with Crippen molar-refractivity contribution in [1.82, 2.24) is 0 Å². The van der Waals surface area contributed by atoms with Crippen molar-refractivity contribution in [3.05, 3.63) is 29.8 Å². The summed E-state index contributed by atoms with van der Waals surface area (Å²) in [6, 6.07) is 6.11. The lowest BCUT2D eigenvalue weighted by molar-refractivity contribution is -0.135. The number of benzene rings is 1. The van der Waals surface area contributed by atoms with Gasteiger partial charge in [-0.25, -0.2) is 4.79 Å². The number of aromatic carboxylic acids is 1. The Morgan fingerprint density at radius 3 is 2.58 bits per heavy atom. The predicted molar refractivity (Wildman–Crippen MR) is 66.4 cm³/mol. The molecule has 0 amide bonds. The van der Waals surface area contributed by atoms with Gasteiger partial charge in [-0.15, -0.1) is 0 Å². The highest BCUT2D eigenvalue weighted by atomic mass is 19.4. The molecular formula is C13H16F3NO2. The summed E-state index contributed by atoms with van der Waals surface area (Å²) in [4.78, 5) is 11.0. The molecule has 1 unspecified atom stereocenters. The fourth-order valence-electron chi connectivity index (χ4n) is 1.74. The Morgan fingerprint density at radius 1 is 1.37 bits per heavy atom. The highest BCUT2D eigenvalue weighted by molar-refractivity contribution is 5.94. The molecule has 0 bridgehead atoms. The zero-order valence-electron chi connectivity index (χ0n) is 10.5. The lowest BCUT2D eigenvalue weighted by Crippen LogP contribution is -2.18. The van der Waals surface area contributed by atoms with Crippen LogP contribution >= 0.6 is 0 Å². The van der Waals surface area contributed by atoms with Gasteiger partial charge in [0.15, 0.2) is 0 Å². The number of anilines is 1. The highest BCUT2D eigenvalue weighted by Crippen LogP contribution is 2.23. The van der Waals surface area contributed by atoms with Gasteiger partial charge >= 0.3 is 12.1 Å². The van der Waals surface area contributed by atoms with E-state index in [2.05, 4.69) is 5.32 Å². The van der Waals surface area contributed by atoms with Crippen molar-refractivity contribution >= 4 is 11.7 Å². The van der Waals surface area contributed by atoms with Crippen LogP contribution in [0.3, 0.4) is 0 Å². The topological polar surface area (TPSA) is 49.3 Å². The number of hydrogen-bond acceptors (Lipinski definition) is 2. The Balaban J connectivity index is 2.53. The molecule has 19 heavy (non-hydrogen) atoms. The SMILES string of the molecule is CC(CCCC(F)(F)F)Nc1ccccc1C(=O)O. The van der Waals surface area contributed by atoms with Crippen molar-refractivity contribution in [2.45, 2.75) is 38.4 Å². The van der Waals surface area contributed by atoms with Crippen LogP contribution in [-0.2, 0) is 0 Å². The van der Waals surface area contributed by atoms with Crippen LogP contribution in [0, 0.1) is 0 Å². The minimum absolute atomic E-state index is 0.0207. The summed E-state index contributed by atoms with van der Waals surface area (Å²) >= 11 is 0. The van der Waals surface area contributed by atoms with Crippen LogP contribution in [0.5, 0.6) is 0 Å². The third-order valence-electron chi connectivity index (χ3n) is 2.66. The molecule has 0 aliphatic rings. The second-order valence-electron chi connectivity index (χ2n) is 4.40. The summed E-state index contributed by atoms with van der Waals surface area (Å²) in [5, 5.41) is 11.9. The number of alkyl halides is 3. The summed E-state index contributed by atoms with van der Waals surface area (Å²) in [7, 11) is 0. The van der Waals surface area contributed by atoms with E-state index in [1.807, 2.05) is 0 Å². The van der Waals surface area contributed by atoms with Gasteiger partial charge < -0.3 is 10.4 Å². The maximum Gasteiger partial charge on any atom is 0.389 e. The van der Waals surface area contributed by atoms with E-state index in [0.29, 0.717) is 12.1 Å². The van der Waals surface area contributed by atoms with E-state index < -0.39 is 18.6 Å². The Bertz CT molecular complexity index is 432. The van der Waals surface area contributed by atoms with Gasteiger partial charge in [0.05, 0.1) is 5.56 Å². The molecule has 1 aromatic carbocycles. The van der Waals surface area contributed by atoms with Crippen LogP contribution < -0.4 is 5.32 Å². The van der Waals surface area contributed by atoms with Crippen molar-refractivity contribution in [3.8, 4) is 0 Å². The molecule has 1 rings (SSSR count). The maximum absolute atomic E-state index is 12.0. The van der Waals surface area contributed by atoms with Crippen LogP contribution in [0.25, 0.3) is 0 Å². The molecular weight excluding hydrogens is 259 g/mol. The predicted octanol–water partition coefficient (Wildman–Crippen LogP) is 3.92. The quantitative estimate of drug-likeness (QED) is 0.827. The summed E-state index contributed by atoms with van der Waals surface area (Å²) in [5.74, 6) is -1.06. The molecule has 106 valence electrons. The Kier molecular flexibility index (Phi) is 5.20. The van der Waals surface area contributed by atoms with Crippen molar-refractivity contribution in [1.29, 1.82) is 0 Å². The second-order valence-corrected chi connectivity index (χ2v) is 4.40. The van der Waals surface area contributed by atoms with E-state index in [-0.39, 0.29) is 18.0 Å². The molecule has 1 atom stereocenters. The van der Waals surface area contributed by atoms with E-state index in [1.54, 1.807) is 25.1 Å². The van der Waals surface area contributed by atoms with Crippen LogP contribution in [0.4, 0.5) is 18.9 Å². The number of carbonyl (C=O) groups is 1. The minimum atomic E-state index is -4.14. The molecule has 1 aromatic rings. The first-order valence-electron chi connectivity index (χ1n) is 5.95. The van der Waals surface area contributed by atoms with E-state index >= 15 is 0 Å². The van der Waals surface area contributed by atoms with E-state index in [1.165, 1.54) is 6.07 Å². The molecule has 0 radical (unpaired) electrons. The first-order valence-corrected chi connectivity index (χ1v) is 5.95. The van der Waals surface area contributed by atoms with Crippen LogP contribution in [0.1, 0.15) is 36.5 Å². The molecule has 0 spiro atoms. The lowest BCUT2D eigenvalue weighted by atomic mass is 10.1. The van der Waals surface area contributed by atoms with Gasteiger partial charge in [0, 0.05) is 18.2 Å². The Labute approximate surface area is 109 Å². The van der Waals surface area contributed by atoms with E-state index in [4.69, 9.17) is 5.11 Å². The average Bonchev–Trinajstić information content (AvgIpc) is 2.27. The van der Waals surface area contributed by atoms with Crippen LogP contribution in [0.15, 0.2) is 24.3 Å². The summed E-state index contributed by atoms with van der Waals surface area (Å²) in [5.41, 5.74) is 0.541. The van der Waals surface area contributed by atoms with E-state index in [9.17, 15) is 18.0 Å². The normalized spacial score (nSPS) is 13.1. The van der Waals surface area contributed by atoms with Crippen molar-refractivity contribution in [2.24, 2.45) is 0 Å². The molecule has 0 saturated heterocycles. The highest BCUT2D eigenvalue weighted by Gasteiger charge is 2.26. The number of carboxylic acid groups (broad SMARTS) is 1. The van der Waals surface area contributed by atoms with Gasteiger partial charge in [-0.1, -0.05) is 12.1 Å². The molecule has 0 aliphatic carbocycles. The molecule has 0 saturated carbocycles. The molecule has 0 fully saturated rings. The van der Waals surface area contributed by atoms with Gasteiger partial charge in [0.25, 0.3) is 0 Å². The molecule has 2 N–H and O–H groups in total. The third kappa shape index (κ3) is 5.63. The van der Waals surface area contributed by atoms with E-state index in [0.717, 1.165) is 0 Å². The van der Waals surface area contributed by atoms with Crippen molar-refractivity contribution in [3.63, 3.8) is 0 Å². The summed E-state index contributed by atoms with van der Waals surface area (Å²) in [6.45, 7) is 1.73. The van der Waals surface area contributed by atoms with Crippen LogP contribution in [0.2, 0.25) is 0 Å². The fraction of sp³-hybridized carbons (Fsp3) is 0.462. The van der Waals surface area contributed by atoms with Gasteiger partial charge in [-0.3, -0.25) is 0 Å². The standard InChI is InChI=1S/C13H16F3NO2/c1-9(5-4-8-13(14,15)16)17-11-7-3-2-6-10(11)12(18)19/h2-3,6-7,9,17H,4-5,8H2,1H3,(H,18,19). The Hall–Kier alpha value is -1.72. The number of carboxylic acids is 1. The zero-order chi connectivity index (χ0) is 14.5. The van der Waals surface area contributed by atoms with Crippen molar-refractivity contribution < 1.29 is 23.1 Å². The largest absolute Gasteiger partial charge is 0.478 e. The van der Waals surface area contributed by atoms with Crippen molar-refractivity contribution in [2.75, 3.05) is 5.32 Å². The molecule has 6 heteroatoms. The van der Waals surface area contributed by atoms with Crippen LogP contribution in [-0.4, -0.2) is 23.3 Å². The number of nitrogens with one attached hydrogen (secondary N) is 1. The average molecular weight is 275 g/mol. The van der Waals surface area contributed by atoms with Gasteiger partial charge in [0.2, 0.25) is 0 Å². The third-order valence-corrected chi connectivity index (χ3v) is 2.66. The second kappa shape index (κ2) is 6.45. The summed E-state index contributed by atoms with van der Waals surface area (Å²) < 4.78 is 36.0. The maximum atomic E-state index is 12.0. The Morgan fingerprint density at radius 2 is 2.00 bits per heavy atom. The lowest BCUT2D eigenvalue weighted by Gasteiger charge is -2.17. The fourth-order valence-corrected chi connectivity index (χ4v) is 1.74. The van der Waals surface area contributed by atoms with Gasteiger partial charge in [0.1, 0.15) is 0 Å². The summed E-state index contributed by atoms with van der Waals surface area (Å²) in [6.07, 6.45) is -4.61. The monoisotopic (exact) mass is 275 g/mol. The number of rotatable bonds is 6. The minimum Gasteiger partial charge on any atom is -0.478 e.